The lowest BCUT2D eigenvalue weighted by Gasteiger charge is -2.49. The number of alkyl halides is 6. The molecular weight excluding hydrogens is 752 g/mol. The van der Waals surface area contributed by atoms with Gasteiger partial charge in [-0.2, -0.15) is 26.3 Å². The summed E-state index contributed by atoms with van der Waals surface area (Å²) in [6, 6.07) is 10.3. The molecule has 3 aliphatic rings. The van der Waals surface area contributed by atoms with E-state index in [-0.39, 0.29) is 59.9 Å². The molecule has 3 atom stereocenters. The maximum absolute atomic E-state index is 14.6. The van der Waals surface area contributed by atoms with Crippen LogP contribution in [-0.4, -0.2) is 77.8 Å². The van der Waals surface area contributed by atoms with E-state index in [1.165, 1.54) is 0 Å². The Labute approximate surface area is 329 Å². The molecule has 3 aromatic rings. The smallest absolute Gasteiger partial charge is 0.416 e. The third kappa shape index (κ3) is 10.8. The number of likely N-dealkylation sites (tertiary alicyclic amines) is 1. The van der Waals surface area contributed by atoms with E-state index in [1.54, 1.807) is 24.2 Å². The maximum atomic E-state index is 14.6. The highest BCUT2D eigenvalue weighted by molar-refractivity contribution is 5.80. The fourth-order valence-electron chi connectivity index (χ4n) is 8.69. The molecule has 2 aliphatic heterocycles. The fourth-order valence-corrected chi connectivity index (χ4v) is 8.69. The Balaban J connectivity index is 1.34. The van der Waals surface area contributed by atoms with Crippen molar-refractivity contribution in [2.24, 2.45) is 11.8 Å². The van der Waals surface area contributed by atoms with E-state index in [0.29, 0.717) is 77.9 Å². The van der Waals surface area contributed by atoms with Crippen LogP contribution in [0.2, 0.25) is 0 Å². The Morgan fingerprint density at radius 3 is 2.04 bits per heavy atom. The van der Waals surface area contributed by atoms with Gasteiger partial charge in [0.25, 0.3) is 0 Å². The second-order valence-electron chi connectivity index (χ2n) is 15.4. The van der Waals surface area contributed by atoms with Gasteiger partial charge in [0.1, 0.15) is 0 Å². The summed E-state index contributed by atoms with van der Waals surface area (Å²) >= 11 is 0. The van der Waals surface area contributed by atoms with E-state index in [2.05, 4.69) is 14.9 Å². The summed E-state index contributed by atoms with van der Waals surface area (Å²) in [5, 5.41) is 0. The van der Waals surface area contributed by atoms with E-state index in [1.807, 2.05) is 42.2 Å². The second-order valence-corrected chi connectivity index (χ2v) is 15.4. The Hall–Kier alpha value is -4.40. The van der Waals surface area contributed by atoms with Crippen molar-refractivity contribution in [3.05, 3.63) is 83.2 Å². The fraction of sp³-hybridized carbons (Fsp3) is 0.571. The highest BCUT2D eigenvalue weighted by atomic mass is 19.4. The van der Waals surface area contributed by atoms with Gasteiger partial charge in [-0.25, -0.2) is 9.97 Å². The highest BCUT2D eigenvalue weighted by Crippen LogP contribution is 2.40. The minimum absolute atomic E-state index is 0.0428. The average Bonchev–Trinajstić information content (AvgIpc) is 3.20. The van der Waals surface area contributed by atoms with Crippen LogP contribution in [0.4, 0.5) is 38.0 Å². The molecular formula is C42H51F6N5O4. The molecule has 310 valence electrons. The number of halogens is 6. The van der Waals surface area contributed by atoms with Gasteiger partial charge in [0, 0.05) is 50.1 Å². The predicted octanol–water partition coefficient (Wildman–Crippen LogP) is 8.50. The number of ether oxygens (including phenoxy) is 2. The van der Waals surface area contributed by atoms with Crippen molar-refractivity contribution >= 4 is 23.5 Å². The van der Waals surface area contributed by atoms with Gasteiger partial charge < -0.3 is 24.2 Å². The predicted molar refractivity (Wildman–Crippen MR) is 202 cm³/mol. The lowest BCUT2D eigenvalue weighted by atomic mass is 9.78. The molecule has 0 spiro atoms. The highest BCUT2D eigenvalue weighted by Gasteiger charge is 2.44. The van der Waals surface area contributed by atoms with Crippen molar-refractivity contribution in [3.8, 4) is 0 Å². The standard InChI is InChI=1S/C42H51F6N5O4/c1-3-34-23-35(24-36(20-28-8-6-5-7-9-28)53(34)39(55)31-12-10-29(11-13-31)21-38(54)57-4-2)52(40-49-25-37(26-50-40)51-14-16-56-17-15-51)27-30-18-32(41(43,44)45)22-33(19-30)42(46,47)48/h5-9,18-19,22,25-26,29,31,34-36H,3-4,10-17,20-21,23-24,27H2,1-2H3/t29?,31?,34?,35-,36-/m1/s1. The minimum Gasteiger partial charge on any atom is -0.466 e. The second kappa shape index (κ2) is 18.5. The van der Waals surface area contributed by atoms with Crippen molar-refractivity contribution in [2.45, 2.75) is 109 Å². The van der Waals surface area contributed by atoms with E-state index in [9.17, 15) is 35.9 Å². The first-order valence-electron chi connectivity index (χ1n) is 19.9. The topological polar surface area (TPSA) is 88.1 Å². The zero-order chi connectivity index (χ0) is 40.7. The van der Waals surface area contributed by atoms with Gasteiger partial charge >= 0.3 is 18.3 Å². The quantitative estimate of drug-likeness (QED) is 0.133. The van der Waals surface area contributed by atoms with Gasteiger partial charge in [-0.15, -0.1) is 0 Å². The SMILES string of the molecule is CCOC(=O)CC1CCC(C(=O)N2C(CC)C[C@@H](N(Cc3cc(C(F)(F)F)cc(C(F)(F)F)c3)c3ncc(N4CCOCC4)cn3)C[C@H]2Cc2ccccc2)CC1. The average molecular weight is 804 g/mol. The van der Waals surface area contributed by atoms with Crippen LogP contribution >= 0.6 is 0 Å². The van der Waals surface area contributed by atoms with Crippen LogP contribution in [0.15, 0.2) is 60.9 Å². The Morgan fingerprint density at radius 2 is 1.46 bits per heavy atom. The number of rotatable bonds is 12. The molecule has 1 unspecified atom stereocenters. The van der Waals surface area contributed by atoms with Crippen LogP contribution in [0.1, 0.15) is 87.5 Å². The molecule has 1 aliphatic carbocycles. The number of hydrogen-bond acceptors (Lipinski definition) is 8. The first-order valence-corrected chi connectivity index (χ1v) is 19.9. The summed E-state index contributed by atoms with van der Waals surface area (Å²) in [7, 11) is 0. The van der Waals surface area contributed by atoms with Gasteiger partial charge in [0.15, 0.2) is 0 Å². The summed E-state index contributed by atoms with van der Waals surface area (Å²) in [6.45, 7) is 6.06. The van der Waals surface area contributed by atoms with Crippen LogP contribution in [-0.2, 0) is 44.4 Å². The number of benzene rings is 2. The first kappa shape index (κ1) is 42.2. The molecule has 15 heteroatoms. The molecule has 3 heterocycles. The number of carbonyl (C=O) groups is 2. The van der Waals surface area contributed by atoms with E-state index >= 15 is 0 Å². The van der Waals surface area contributed by atoms with Crippen LogP contribution in [0.3, 0.4) is 0 Å². The molecule has 3 fully saturated rings. The van der Waals surface area contributed by atoms with E-state index in [0.717, 1.165) is 36.2 Å². The lowest BCUT2D eigenvalue weighted by molar-refractivity contribution is -0.146. The number of amides is 1. The maximum Gasteiger partial charge on any atom is 0.416 e. The molecule has 57 heavy (non-hydrogen) atoms. The molecule has 1 aromatic heterocycles. The van der Waals surface area contributed by atoms with Crippen molar-refractivity contribution in [1.82, 2.24) is 14.9 Å². The zero-order valence-corrected chi connectivity index (χ0v) is 32.4. The number of morpholine rings is 1. The van der Waals surface area contributed by atoms with Crippen LogP contribution in [0, 0.1) is 11.8 Å². The third-order valence-corrected chi connectivity index (χ3v) is 11.6. The zero-order valence-electron chi connectivity index (χ0n) is 32.4. The number of hydrogen-bond donors (Lipinski definition) is 0. The molecule has 1 saturated carbocycles. The summed E-state index contributed by atoms with van der Waals surface area (Å²) in [5.74, 6) is -0.0901. The van der Waals surface area contributed by atoms with E-state index in [4.69, 9.17) is 9.47 Å². The largest absolute Gasteiger partial charge is 0.466 e. The minimum atomic E-state index is -5.01. The molecule has 9 nitrogen and oxygen atoms in total. The van der Waals surface area contributed by atoms with Crippen LogP contribution < -0.4 is 9.80 Å². The molecule has 0 bridgehead atoms. The molecule has 0 radical (unpaired) electrons. The van der Waals surface area contributed by atoms with Crippen LogP contribution in [0.25, 0.3) is 0 Å². The van der Waals surface area contributed by atoms with Crippen LogP contribution in [0.5, 0.6) is 0 Å². The lowest BCUT2D eigenvalue weighted by Crippen LogP contribution is -2.59. The molecule has 6 rings (SSSR count). The Kier molecular flexibility index (Phi) is 13.7. The first-order chi connectivity index (χ1) is 27.2. The number of esters is 1. The van der Waals surface area contributed by atoms with Gasteiger partial charge in [0.2, 0.25) is 11.9 Å². The number of anilines is 2. The number of aromatic nitrogens is 2. The van der Waals surface area contributed by atoms with Gasteiger partial charge in [-0.1, -0.05) is 37.3 Å². The number of carbonyl (C=O) groups excluding carboxylic acids is 2. The van der Waals surface area contributed by atoms with Crippen molar-refractivity contribution < 1.29 is 45.4 Å². The Morgan fingerprint density at radius 1 is 0.842 bits per heavy atom. The van der Waals surface area contributed by atoms with Crippen molar-refractivity contribution in [3.63, 3.8) is 0 Å². The Bertz CT molecular complexity index is 1750. The molecule has 2 saturated heterocycles. The molecule has 1 amide bonds. The van der Waals surface area contributed by atoms with E-state index < -0.39 is 29.5 Å². The summed E-state index contributed by atoms with van der Waals surface area (Å²) < 4.78 is 94.8. The summed E-state index contributed by atoms with van der Waals surface area (Å²) in [5.41, 5.74) is -1.22. The number of piperidine rings is 1. The molecule has 2 aromatic carbocycles. The van der Waals surface area contributed by atoms with Gasteiger partial charge in [-0.3, -0.25) is 9.59 Å². The normalized spacial score (nSPS) is 23.3. The third-order valence-electron chi connectivity index (χ3n) is 11.6. The molecule has 0 N–H and O–H groups in total. The van der Waals surface area contributed by atoms with Crippen molar-refractivity contribution in [2.75, 3.05) is 42.7 Å². The number of nitrogens with zero attached hydrogens (tertiary/aromatic N) is 5. The summed E-state index contributed by atoms with van der Waals surface area (Å²) in [4.78, 5) is 41.9. The van der Waals surface area contributed by atoms with Crippen molar-refractivity contribution in [1.29, 1.82) is 0 Å². The van der Waals surface area contributed by atoms with Gasteiger partial charge in [-0.05, 0) is 93.5 Å². The van der Waals surface area contributed by atoms with Gasteiger partial charge in [0.05, 0.1) is 49.0 Å². The monoisotopic (exact) mass is 803 g/mol. The summed E-state index contributed by atoms with van der Waals surface area (Å²) in [6.07, 6.45) is -1.80.